The number of amides is 1. The van der Waals surface area contributed by atoms with Crippen molar-refractivity contribution in [2.24, 2.45) is 16.8 Å². The molecule has 23 heavy (non-hydrogen) atoms. The lowest BCUT2D eigenvalue weighted by molar-refractivity contribution is -0.127. The molecule has 4 unspecified atom stereocenters. The van der Waals surface area contributed by atoms with Gasteiger partial charge in [-0.15, -0.1) is 0 Å². The van der Waals surface area contributed by atoms with Gasteiger partial charge in [-0.2, -0.15) is 11.8 Å². The van der Waals surface area contributed by atoms with Crippen molar-refractivity contribution in [1.29, 1.82) is 0 Å². The molecule has 3 fully saturated rings. The highest BCUT2D eigenvalue weighted by Gasteiger charge is 2.40. The predicted molar refractivity (Wildman–Crippen MR) is 96.9 cm³/mol. The summed E-state index contributed by atoms with van der Waals surface area (Å²) in [4.78, 5) is 18.0. The topological polar surface area (TPSA) is 56.7 Å². The quantitative estimate of drug-likeness (QED) is 0.605. The van der Waals surface area contributed by atoms with E-state index in [2.05, 4.69) is 15.6 Å². The highest BCUT2D eigenvalue weighted by molar-refractivity contribution is 7.99. The number of rotatable bonds is 4. The fourth-order valence-corrected chi connectivity index (χ4v) is 5.14. The molecule has 0 spiro atoms. The van der Waals surface area contributed by atoms with Crippen LogP contribution in [0.3, 0.4) is 0 Å². The van der Waals surface area contributed by atoms with Crippen LogP contribution >= 0.6 is 11.8 Å². The number of hydrogen-bond acceptors (Lipinski definition) is 3. The Morgan fingerprint density at radius 1 is 1.22 bits per heavy atom. The van der Waals surface area contributed by atoms with Gasteiger partial charge in [-0.1, -0.05) is 6.42 Å². The van der Waals surface area contributed by atoms with E-state index in [1.54, 1.807) is 19.0 Å². The third-order valence-corrected chi connectivity index (χ3v) is 6.65. The first-order valence-corrected chi connectivity index (χ1v) is 10.1. The fourth-order valence-electron chi connectivity index (χ4n) is 4.07. The van der Waals surface area contributed by atoms with E-state index in [0.29, 0.717) is 12.1 Å². The highest BCUT2D eigenvalue weighted by atomic mass is 32.2. The first kappa shape index (κ1) is 16.9. The lowest BCUT2D eigenvalue weighted by atomic mass is 9.95. The first-order chi connectivity index (χ1) is 11.1. The number of aliphatic imine (C=N–C) groups is 1. The molecule has 2 bridgehead atoms. The zero-order valence-electron chi connectivity index (χ0n) is 14.4. The number of thioether (sulfide) groups is 1. The van der Waals surface area contributed by atoms with Gasteiger partial charge < -0.3 is 15.5 Å². The molecule has 2 saturated carbocycles. The summed E-state index contributed by atoms with van der Waals surface area (Å²) in [7, 11) is 3.57. The molecule has 1 aliphatic heterocycles. The molecule has 0 aromatic rings. The average molecular weight is 339 g/mol. The number of carbonyl (C=O) groups is 1. The summed E-state index contributed by atoms with van der Waals surface area (Å²) in [6, 6.07) is 1.03. The fraction of sp³-hybridized carbons (Fsp3) is 0.882. The Hall–Kier alpha value is -0.910. The molecule has 3 aliphatic rings. The van der Waals surface area contributed by atoms with Crippen molar-refractivity contribution < 1.29 is 4.79 Å². The van der Waals surface area contributed by atoms with Crippen LogP contribution < -0.4 is 10.6 Å². The smallest absolute Gasteiger partial charge is 0.243 e. The Bertz CT molecular complexity index is 448. The van der Waals surface area contributed by atoms with E-state index in [0.717, 1.165) is 23.5 Å². The molecule has 5 nitrogen and oxygen atoms in total. The van der Waals surface area contributed by atoms with Gasteiger partial charge in [0, 0.05) is 31.9 Å². The zero-order valence-corrected chi connectivity index (χ0v) is 15.2. The first-order valence-electron chi connectivity index (χ1n) is 8.97. The minimum absolute atomic E-state index is 0.0528. The summed E-state index contributed by atoms with van der Waals surface area (Å²) < 4.78 is 0. The molecule has 2 N–H and O–H groups in total. The van der Waals surface area contributed by atoms with Crippen molar-refractivity contribution in [1.82, 2.24) is 15.5 Å². The molecule has 0 radical (unpaired) electrons. The standard InChI is InChI=1S/C17H30N4OS/c1-21(2)16(22)10-18-17(19-14-4-3-7-23-11-14)20-15-9-12-5-6-13(15)8-12/h12-15H,3-11H2,1-2H3,(H2,18,19,20). The summed E-state index contributed by atoms with van der Waals surface area (Å²) in [6.45, 7) is 0.225. The predicted octanol–water partition coefficient (Wildman–Crippen LogP) is 1.69. The minimum Gasteiger partial charge on any atom is -0.353 e. The van der Waals surface area contributed by atoms with Crippen molar-refractivity contribution in [2.75, 3.05) is 32.1 Å². The summed E-state index contributed by atoms with van der Waals surface area (Å²) in [5, 5.41) is 7.23. The second-order valence-electron chi connectivity index (χ2n) is 7.44. The third kappa shape index (κ3) is 4.55. The summed E-state index contributed by atoms with van der Waals surface area (Å²) in [6.07, 6.45) is 7.87. The minimum atomic E-state index is 0.0528. The second kappa shape index (κ2) is 7.77. The number of fused-ring (bicyclic) bond motifs is 2. The van der Waals surface area contributed by atoms with E-state index < -0.39 is 0 Å². The number of carbonyl (C=O) groups excluding carboxylic acids is 1. The van der Waals surface area contributed by atoms with Crippen molar-refractivity contribution in [3.63, 3.8) is 0 Å². The maximum absolute atomic E-state index is 11.9. The number of likely N-dealkylation sites (N-methyl/N-ethyl adjacent to an activating group) is 1. The molecule has 1 amide bonds. The van der Waals surface area contributed by atoms with Crippen molar-refractivity contribution in [2.45, 2.75) is 50.6 Å². The van der Waals surface area contributed by atoms with E-state index in [9.17, 15) is 4.79 Å². The molecular weight excluding hydrogens is 308 g/mol. The van der Waals surface area contributed by atoms with Crippen molar-refractivity contribution in [3.8, 4) is 0 Å². The van der Waals surface area contributed by atoms with Crippen LogP contribution in [0.15, 0.2) is 4.99 Å². The molecular formula is C17H30N4OS. The van der Waals surface area contributed by atoms with Gasteiger partial charge >= 0.3 is 0 Å². The van der Waals surface area contributed by atoms with Crippen LogP contribution in [-0.4, -0.2) is 61.0 Å². The molecule has 4 atom stereocenters. The Morgan fingerprint density at radius 3 is 2.70 bits per heavy atom. The van der Waals surface area contributed by atoms with Gasteiger partial charge in [0.1, 0.15) is 6.54 Å². The highest BCUT2D eigenvalue weighted by Crippen LogP contribution is 2.44. The van der Waals surface area contributed by atoms with Gasteiger partial charge in [0.15, 0.2) is 5.96 Å². The molecule has 130 valence electrons. The molecule has 0 aromatic carbocycles. The van der Waals surface area contributed by atoms with Gasteiger partial charge in [-0.05, 0) is 49.7 Å². The normalized spacial score (nSPS) is 33.6. The van der Waals surface area contributed by atoms with Gasteiger partial charge in [0.25, 0.3) is 0 Å². The summed E-state index contributed by atoms with van der Waals surface area (Å²) in [5.74, 6) is 5.02. The number of hydrogen-bond donors (Lipinski definition) is 2. The third-order valence-electron chi connectivity index (χ3n) is 5.43. The van der Waals surface area contributed by atoms with Crippen LogP contribution in [0.1, 0.15) is 38.5 Å². The lowest BCUT2D eigenvalue weighted by Gasteiger charge is -2.29. The maximum atomic E-state index is 11.9. The largest absolute Gasteiger partial charge is 0.353 e. The van der Waals surface area contributed by atoms with Gasteiger partial charge in [-0.3, -0.25) is 4.79 Å². The average Bonchev–Trinajstić information content (AvgIpc) is 3.16. The number of nitrogens with zero attached hydrogens (tertiary/aromatic N) is 2. The lowest BCUT2D eigenvalue weighted by Crippen LogP contribution is -2.50. The van der Waals surface area contributed by atoms with E-state index in [1.165, 1.54) is 44.3 Å². The maximum Gasteiger partial charge on any atom is 0.243 e. The monoisotopic (exact) mass is 338 g/mol. The van der Waals surface area contributed by atoms with E-state index >= 15 is 0 Å². The Balaban J connectivity index is 1.60. The summed E-state index contributed by atoms with van der Waals surface area (Å²) >= 11 is 2.01. The molecule has 3 rings (SSSR count). The number of nitrogens with one attached hydrogen (secondary N) is 2. The van der Waals surface area contributed by atoms with Crippen molar-refractivity contribution >= 4 is 23.6 Å². The van der Waals surface area contributed by atoms with Crippen LogP contribution in [0.4, 0.5) is 0 Å². The van der Waals surface area contributed by atoms with Crippen LogP contribution in [0, 0.1) is 11.8 Å². The number of guanidine groups is 1. The molecule has 2 aliphatic carbocycles. The van der Waals surface area contributed by atoms with E-state index in [1.807, 2.05) is 11.8 Å². The Labute approximate surface area is 144 Å². The SMILES string of the molecule is CN(C)C(=O)CN=C(NC1CCCSC1)NC1CC2CCC1C2. The van der Waals surface area contributed by atoms with Gasteiger partial charge in [-0.25, -0.2) is 4.99 Å². The molecule has 6 heteroatoms. The zero-order chi connectivity index (χ0) is 16.2. The molecule has 1 saturated heterocycles. The Morgan fingerprint density at radius 2 is 2.09 bits per heavy atom. The van der Waals surface area contributed by atoms with Crippen LogP contribution in [0.2, 0.25) is 0 Å². The van der Waals surface area contributed by atoms with Gasteiger partial charge in [0.05, 0.1) is 0 Å². The Kier molecular flexibility index (Phi) is 5.72. The van der Waals surface area contributed by atoms with Gasteiger partial charge in [0.2, 0.25) is 5.91 Å². The van der Waals surface area contributed by atoms with Crippen LogP contribution in [0.25, 0.3) is 0 Å². The van der Waals surface area contributed by atoms with Crippen LogP contribution in [-0.2, 0) is 4.79 Å². The van der Waals surface area contributed by atoms with Crippen molar-refractivity contribution in [3.05, 3.63) is 0 Å². The molecule has 0 aromatic heterocycles. The van der Waals surface area contributed by atoms with E-state index in [4.69, 9.17) is 0 Å². The summed E-state index contributed by atoms with van der Waals surface area (Å²) in [5.41, 5.74) is 0. The van der Waals surface area contributed by atoms with E-state index in [-0.39, 0.29) is 12.5 Å². The van der Waals surface area contributed by atoms with Crippen LogP contribution in [0.5, 0.6) is 0 Å². The molecule has 1 heterocycles. The second-order valence-corrected chi connectivity index (χ2v) is 8.59.